The lowest BCUT2D eigenvalue weighted by Gasteiger charge is -2.14. The van der Waals surface area contributed by atoms with Crippen molar-refractivity contribution in [2.24, 2.45) is 0 Å². The van der Waals surface area contributed by atoms with Crippen molar-refractivity contribution < 1.29 is 22.7 Å². The van der Waals surface area contributed by atoms with Crippen LogP contribution in [0.5, 0.6) is 5.75 Å². The van der Waals surface area contributed by atoms with Crippen molar-refractivity contribution in [3.63, 3.8) is 0 Å². The first-order valence-corrected chi connectivity index (χ1v) is 6.54. The minimum absolute atomic E-state index is 0.0146. The Morgan fingerprint density at radius 1 is 1.33 bits per heavy atom. The summed E-state index contributed by atoms with van der Waals surface area (Å²) >= 11 is 0. The fourth-order valence-corrected chi connectivity index (χ4v) is 1.57. The van der Waals surface area contributed by atoms with Crippen molar-refractivity contribution in [2.75, 3.05) is 11.9 Å². The number of alkyl halides is 3. The topological polar surface area (TPSA) is 38.3 Å². The third-order valence-electron chi connectivity index (χ3n) is 2.45. The Labute approximate surface area is 121 Å². The van der Waals surface area contributed by atoms with Crippen LogP contribution in [0.1, 0.15) is 32.8 Å². The largest absolute Gasteiger partial charge is 0.491 e. The van der Waals surface area contributed by atoms with E-state index in [1.165, 1.54) is 12.1 Å². The predicted molar refractivity (Wildman–Crippen MR) is 75.3 cm³/mol. The Balaban J connectivity index is 3.10. The Morgan fingerprint density at radius 2 is 2.00 bits per heavy atom. The summed E-state index contributed by atoms with van der Waals surface area (Å²) in [4.78, 5) is 11.7. The molecule has 6 heteroatoms. The molecule has 3 nitrogen and oxygen atoms in total. The third kappa shape index (κ3) is 5.49. The van der Waals surface area contributed by atoms with Crippen molar-refractivity contribution in [1.82, 2.24) is 0 Å². The molecule has 0 heterocycles. The number of allylic oxidation sites excluding steroid dienone is 1. The van der Waals surface area contributed by atoms with Crippen LogP contribution < -0.4 is 10.1 Å². The standard InChI is InChI=1S/C15H18F3NO2/c1-4-7-21-13-6-5-11(15(16,17)18)9-12(13)19-14(20)8-10(2)3/h5-6,8-9H,4,7H2,1-3H3,(H,19,20). The van der Waals surface area contributed by atoms with Gasteiger partial charge in [0.1, 0.15) is 5.75 Å². The number of ether oxygens (including phenoxy) is 1. The molecule has 1 rings (SSSR count). The summed E-state index contributed by atoms with van der Waals surface area (Å²) < 4.78 is 43.6. The number of halogens is 3. The van der Waals surface area contributed by atoms with Gasteiger partial charge in [-0.1, -0.05) is 12.5 Å². The molecule has 0 aliphatic carbocycles. The molecule has 0 atom stereocenters. The van der Waals surface area contributed by atoms with Crippen molar-refractivity contribution in [2.45, 2.75) is 33.4 Å². The van der Waals surface area contributed by atoms with Gasteiger partial charge in [-0.15, -0.1) is 0 Å². The Morgan fingerprint density at radius 3 is 2.52 bits per heavy atom. The molecule has 0 saturated heterocycles. The van der Waals surface area contributed by atoms with E-state index in [0.717, 1.165) is 17.7 Å². The van der Waals surface area contributed by atoms with Crippen LogP contribution in [0.3, 0.4) is 0 Å². The van der Waals surface area contributed by atoms with E-state index in [0.29, 0.717) is 13.0 Å². The average molecular weight is 301 g/mol. The number of benzene rings is 1. The molecule has 1 amide bonds. The van der Waals surface area contributed by atoms with Crippen LogP contribution in [0.15, 0.2) is 29.8 Å². The summed E-state index contributed by atoms with van der Waals surface area (Å²) in [6.45, 7) is 5.68. The summed E-state index contributed by atoms with van der Waals surface area (Å²) in [5.74, 6) is -0.268. The molecule has 116 valence electrons. The number of amides is 1. The van der Waals surface area contributed by atoms with Crippen LogP contribution in [0.2, 0.25) is 0 Å². The molecule has 0 radical (unpaired) electrons. The minimum Gasteiger partial charge on any atom is -0.491 e. The smallest absolute Gasteiger partial charge is 0.416 e. The fourth-order valence-electron chi connectivity index (χ4n) is 1.57. The van der Waals surface area contributed by atoms with Crippen LogP contribution in [-0.2, 0) is 11.0 Å². The Bertz CT molecular complexity index is 532. The number of nitrogens with one attached hydrogen (secondary N) is 1. The lowest BCUT2D eigenvalue weighted by molar-refractivity contribution is -0.137. The van der Waals surface area contributed by atoms with E-state index < -0.39 is 17.6 Å². The quantitative estimate of drug-likeness (QED) is 0.819. The van der Waals surface area contributed by atoms with Crippen LogP contribution in [0.25, 0.3) is 0 Å². The number of rotatable bonds is 5. The normalized spacial score (nSPS) is 11.0. The molecule has 21 heavy (non-hydrogen) atoms. The summed E-state index contributed by atoms with van der Waals surface area (Å²) in [6.07, 6.45) is -2.45. The second kappa shape index (κ2) is 7.15. The van der Waals surface area contributed by atoms with Gasteiger partial charge in [-0.25, -0.2) is 0 Å². The van der Waals surface area contributed by atoms with Gasteiger partial charge in [0.2, 0.25) is 5.91 Å². The van der Waals surface area contributed by atoms with Gasteiger partial charge in [0.15, 0.2) is 0 Å². The first kappa shape index (κ1) is 17.1. The molecule has 0 saturated carbocycles. The van der Waals surface area contributed by atoms with E-state index in [1.54, 1.807) is 13.8 Å². The zero-order valence-corrected chi connectivity index (χ0v) is 12.2. The van der Waals surface area contributed by atoms with E-state index >= 15 is 0 Å². The van der Waals surface area contributed by atoms with Gasteiger partial charge in [0, 0.05) is 6.08 Å². The molecule has 0 bridgehead atoms. The highest BCUT2D eigenvalue weighted by Crippen LogP contribution is 2.35. The highest BCUT2D eigenvalue weighted by Gasteiger charge is 2.31. The number of hydrogen-bond donors (Lipinski definition) is 1. The van der Waals surface area contributed by atoms with Gasteiger partial charge in [0.05, 0.1) is 17.9 Å². The van der Waals surface area contributed by atoms with Crippen LogP contribution in [0.4, 0.5) is 18.9 Å². The highest BCUT2D eigenvalue weighted by molar-refractivity contribution is 6.00. The maximum absolute atomic E-state index is 12.7. The highest BCUT2D eigenvalue weighted by atomic mass is 19.4. The average Bonchev–Trinajstić information content (AvgIpc) is 2.35. The maximum Gasteiger partial charge on any atom is 0.416 e. The zero-order valence-electron chi connectivity index (χ0n) is 12.2. The van der Waals surface area contributed by atoms with E-state index in [1.807, 2.05) is 6.92 Å². The SMILES string of the molecule is CCCOc1ccc(C(F)(F)F)cc1NC(=O)C=C(C)C. The zero-order chi connectivity index (χ0) is 16.0. The monoisotopic (exact) mass is 301 g/mol. The minimum atomic E-state index is -4.47. The van der Waals surface area contributed by atoms with Gasteiger partial charge in [-0.3, -0.25) is 4.79 Å². The Kier molecular flexibility index (Phi) is 5.81. The number of carbonyl (C=O) groups excluding carboxylic acids is 1. The van der Waals surface area contributed by atoms with Crippen molar-refractivity contribution in [3.05, 3.63) is 35.4 Å². The molecule has 0 spiro atoms. The molecular weight excluding hydrogens is 283 g/mol. The molecule has 0 aromatic heterocycles. The molecular formula is C15H18F3NO2. The molecule has 0 fully saturated rings. The summed E-state index contributed by atoms with van der Waals surface area (Å²) in [7, 11) is 0. The van der Waals surface area contributed by atoms with Crippen molar-refractivity contribution in [3.8, 4) is 5.75 Å². The fraction of sp³-hybridized carbons (Fsp3) is 0.400. The molecule has 1 aromatic carbocycles. The number of anilines is 1. The van der Waals surface area contributed by atoms with Gasteiger partial charge in [0.25, 0.3) is 0 Å². The van der Waals surface area contributed by atoms with E-state index in [4.69, 9.17) is 4.74 Å². The number of carbonyl (C=O) groups is 1. The van der Waals surface area contributed by atoms with Crippen LogP contribution in [-0.4, -0.2) is 12.5 Å². The molecule has 0 unspecified atom stereocenters. The van der Waals surface area contributed by atoms with E-state index in [-0.39, 0.29) is 11.4 Å². The molecule has 0 aliphatic heterocycles. The summed E-state index contributed by atoms with van der Waals surface area (Å²) in [6, 6.07) is 3.03. The van der Waals surface area contributed by atoms with Crippen molar-refractivity contribution >= 4 is 11.6 Å². The molecule has 1 aromatic rings. The van der Waals surface area contributed by atoms with E-state index in [9.17, 15) is 18.0 Å². The van der Waals surface area contributed by atoms with Gasteiger partial charge in [-0.05, 0) is 38.5 Å². The summed E-state index contributed by atoms with van der Waals surface area (Å²) in [5.41, 5.74) is -0.0740. The molecule has 1 N–H and O–H groups in total. The van der Waals surface area contributed by atoms with Gasteiger partial charge < -0.3 is 10.1 Å². The van der Waals surface area contributed by atoms with Gasteiger partial charge in [-0.2, -0.15) is 13.2 Å². The Hall–Kier alpha value is -1.98. The number of hydrogen-bond acceptors (Lipinski definition) is 2. The predicted octanol–water partition coefficient (Wildman–Crippen LogP) is 4.40. The first-order chi connectivity index (χ1) is 9.74. The lowest BCUT2D eigenvalue weighted by Crippen LogP contribution is -2.12. The summed E-state index contributed by atoms with van der Waals surface area (Å²) in [5, 5.41) is 2.42. The second-order valence-electron chi connectivity index (χ2n) is 4.77. The lowest BCUT2D eigenvalue weighted by atomic mass is 10.1. The first-order valence-electron chi connectivity index (χ1n) is 6.54. The van der Waals surface area contributed by atoms with Gasteiger partial charge >= 0.3 is 6.18 Å². The van der Waals surface area contributed by atoms with Crippen LogP contribution >= 0.6 is 0 Å². The maximum atomic E-state index is 12.7. The molecule has 0 aliphatic rings. The van der Waals surface area contributed by atoms with E-state index in [2.05, 4.69) is 5.32 Å². The van der Waals surface area contributed by atoms with Crippen molar-refractivity contribution in [1.29, 1.82) is 0 Å². The third-order valence-corrected chi connectivity index (χ3v) is 2.45. The van der Waals surface area contributed by atoms with Crippen LogP contribution in [0, 0.1) is 0 Å². The second-order valence-corrected chi connectivity index (χ2v) is 4.77.